The monoisotopic (exact) mass is 230 g/mol. The summed E-state index contributed by atoms with van der Waals surface area (Å²) in [6.07, 6.45) is 3.45. The highest BCUT2D eigenvalue weighted by Gasteiger charge is 2.02. The number of carbonyl (C=O) groups excluding carboxylic acids is 1. The molecule has 0 aliphatic carbocycles. The van der Waals surface area contributed by atoms with Crippen LogP contribution in [0.25, 0.3) is 0 Å². The average Bonchev–Trinajstić information content (AvgIpc) is 2.30. The van der Waals surface area contributed by atoms with E-state index in [1.54, 1.807) is 0 Å². The van der Waals surface area contributed by atoms with Gasteiger partial charge >= 0.3 is 0 Å². The Labute approximate surface area is 98.9 Å². The Morgan fingerprint density at radius 2 is 2.19 bits per heavy atom. The van der Waals surface area contributed by atoms with E-state index in [0.29, 0.717) is 18.9 Å². The standard InChI is InChI=1S/C12H26N2O2/c1-3-16-9-5-7-12(15)14-8-4-6-11(2)10-13/h11H,3-10,13H2,1-2H3,(H,14,15). The summed E-state index contributed by atoms with van der Waals surface area (Å²) in [6, 6.07) is 0. The second kappa shape index (κ2) is 10.9. The van der Waals surface area contributed by atoms with Gasteiger partial charge in [0, 0.05) is 26.2 Å². The van der Waals surface area contributed by atoms with Gasteiger partial charge in [-0.3, -0.25) is 4.79 Å². The van der Waals surface area contributed by atoms with Gasteiger partial charge in [0.2, 0.25) is 5.91 Å². The first-order valence-electron chi connectivity index (χ1n) is 6.25. The second-order valence-corrected chi connectivity index (χ2v) is 4.13. The number of ether oxygens (including phenoxy) is 1. The maximum absolute atomic E-state index is 11.3. The van der Waals surface area contributed by atoms with Gasteiger partial charge in [0.1, 0.15) is 0 Å². The molecule has 4 nitrogen and oxygen atoms in total. The highest BCUT2D eigenvalue weighted by Crippen LogP contribution is 2.01. The van der Waals surface area contributed by atoms with Crippen molar-refractivity contribution in [3.8, 4) is 0 Å². The van der Waals surface area contributed by atoms with E-state index in [-0.39, 0.29) is 5.91 Å². The lowest BCUT2D eigenvalue weighted by Gasteiger charge is -2.08. The molecule has 0 aromatic carbocycles. The van der Waals surface area contributed by atoms with Crippen LogP contribution in [0, 0.1) is 5.92 Å². The van der Waals surface area contributed by atoms with E-state index in [0.717, 1.165) is 39.0 Å². The lowest BCUT2D eigenvalue weighted by atomic mass is 10.1. The largest absolute Gasteiger partial charge is 0.382 e. The fourth-order valence-electron chi connectivity index (χ4n) is 1.36. The van der Waals surface area contributed by atoms with E-state index in [1.807, 2.05) is 6.92 Å². The average molecular weight is 230 g/mol. The first-order valence-corrected chi connectivity index (χ1v) is 6.25. The molecule has 1 amide bonds. The van der Waals surface area contributed by atoms with Crippen LogP contribution in [0.5, 0.6) is 0 Å². The normalized spacial score (nSPS) is 12.4. The van der Waals surface area contributed by atoms with Gasteiger partial charge in [-0.1, -0.05) is 6.92 Å². The minimum absolute atomic E-state index is 0.125. The maximum Gasteiger partial charge on any atom is 0.220 e. The van der Waals surface area contributed by atoms with Gasteiger partial charge in [0.05, 0.1) is 0 Å². The third kappa shape index (κ3) is 9.93. The van der Waals surface area contributed by atoms with Gasteiger partial charge in [-0.05, 0) is 38.6 Å². The van der Waals surface area contributed by atoms with E-state index in [1.165, 1.54) is 0 Å². The molecule has 0 bridgehead atoms. The first-order chi connectivity index (χ1) is 7.70. The summed E-state index contributed by atoms with van der Waals surface area (Å²) in [4.78, 5) is 11.3. The van der Waals surface area contributed by atoms with Crippen molar-refractivity contribution in [1.82, 2.24) is 5.32 Å². The molecule has 4 heteroatoms. The zero-order valence-electron chi connectivity index (χ0n) is 10.6. The molecule has 0 aliphatic heterocycles. The molecular weight excluding hydrogens is 204 g/mol. The van der Waals surface area contributed by atoms with Crippen LogP contribution < -0.4 is 11.1 Å². The van der Waals surface area contributed by atoms with Crippen molar-refractivity contribution < 1.29 is 9.53 Å². The quantitative estimate of drug-likeness (QED) is 0.556. The molecule has 16 heavy (non-hydrogen) atoms. The Kier molecular flexibility index (Phi) is 10.5. The van der Waals surface area contributed by atoms with Crippen molar-refractivity contribution in [1.29, 1.82) is 0 Å². The Bertz CT molecular complexity index is 174. The van der Waals surface area contributed by atoms with Gasteiger partial charge in [-0.25, -0.2) is 0 Å². The van der Waals surface area contributed by atoms with Gasteiger partial charge in [0.15, 0.2) is 0 Å². The number of carbonyl (C=O) groups is 1. The van der Waals surface area contributed by atoms with Crippen molar-refractivity contribution in [3.05, 3.63) is 0 Å². The molecule has 0 aromatic rings. The highest BCUT2D eigenvalue weighted by molar-refractivity contribution is 5.75. The second-order valence-electron chi connectivity index (χ2n) is 4.13. The molecule has 0 aliphatic rings. The molecule has 0 aromatic heterocycles. The zero-order chi connectivity index (χ0) is 12.2. The van der Waals surface area contributed by atoms with E-state index >= 15 is 0 Å². The minimum Gasteiger partial charge on any atom is -0.382 e. The van der Waals surface area contributed by atoms with Gasteiger partial charge in [0.25, 0.3) is 0 Å². The number of nitrogens with one attached hydrogen (secondary N) is 1. The maximum atomic E-state index is 11.3. The molecule has 0 fully saturated rings. The molecule has 1 atom stereocenters. The summed E-state index contributed by atoms with van der Waals surface area (Å²) >= 11 is 0. The Hall–Kier alpha value is -0.610. The topological polar surface area (TPSA) is 64.3 Å². The number of rotatable bonds is 10. The number of hydrogen-bond acceptors (Lipinski definition) is 3. The number of amides is 1. The van der Waals surface area contributed by atoms with E-state index < -0.39 is 0 Å². The van der Waals surface area contributed by atoms with Crippen LogP contribution in [0.2, 0.25) is 0 Å². The summed E-state index contributed by atoms with van der Waals surface area (Å²) in [5, 5.41) is 2.90. The summed E-state index contributed by atoms with van der Waals surface area (Å²) in [5.41, 5.74) is 5.51. The van der Waals surface area contributed by atoms with E-state index in [9.17, 15) is 4.79 Å². The van der Waals surface area contributed by atoms with Crippen molar-refractivity contribution in [3.63, 3.8) is 0 Å². The third-order valence-electron chi connectivity index (χ3n) is 2.49. The van der Waals surface area contributed by atoms with Crippen molar-refractivity contribution in [2.75, 3.05) is 26.3 Å². The summed E-state index contributed by atoms with van der Waals surface area (Å²) < 4.78 is 5.16. The van der Waals surface area contributed by atoms with Crippen LogP contribution in [0.3, 0.4) is 0 Å². The molecule has 96 valence electrons. The molecule has 0 saturated carbocycles. The van der Waals surface area contributed by atoms with Gasteiger partial charge in [-0.2, -0.15) is 0 Å². The summed E-state index contributed by atoms with van der Waals surface area (Å²) in [6.45, 7) is 6.97. The smallest absolute Gasteiger partial charge is 0.220 e. The van der Waals surface area contributed by atoms with Crippen LogP contribution >= 0.6 is 0 Å². The lowest BCUT2D eigenvalue weighted by molar-refractivity contribution is -0.121. The predicted molar refractivity (Wildman–Crippen MR) is 66.2 cm³/mol. The van der Waals surface area contributed by atoms with Crippen molar-refractivity contribution in [2.24, 2.45) is 11.7 Å². The Morgan fingerprint density at radius 1 is 1.44 bits per heavy atom. The van der Waals surface area contributed by atoms with Gasteiger partial charge in [-0.15, -0.1) is 0 Å². The molecule has 1 unspecified atom stereocenters. The van der Waals surface area contributed by atoms with Crippen LogP contribution in [-0.2, 0) is 9.53 Å². The zero-order valence-corrected chi connectivity index (χ0v) is 10.6. The Balaban J connectivity index is 3.24. The Morgan fingerprint density at radius 3 is 2.81 bits per heavy atom. The predicted octanol–water partition coefficient (Wildman–Crippen LogP) is 1.29. The van der Waals surface area contributed by atoms with E-state index in [4.69, 9.17) is 10.5 Å². The molecule has 0 heterocycles. The number of nitrogens with two attached hydrogens (primary N) is 1. The molecule has 0 radical (unpaired) electrons. The SMILES string of the molecule is CCOCCCC(=O)NCCCC(C)CN. The molecule has 0 rings (SSSR count). The van der Waals surface area contributed by atoms with Crippen LogP contribution in [-0.4, -0.2) is 32.2 Å². The minimum atomic E-state index is 0.125. The van der Waals surface area contributed by atoms with Crippen LogP contribution in [0.4, 0.5) is 0 Å². The molecular formula is C12H26N2O2. The lowest BCUT2D eigenvalue weighted by Crippen LogP contribution is -2.25. The van der Waals surface area contributed by atoms with Crippen LogP contribution in [0.1, 0.15) is 39.5 Å². The summed E-state index contributed by atoms with van der Waals surface area (Å²) in [7, 11) is 0. The fraction of sp³-hybridized carbons (Fsp3) is 0.917. The summed E-state index contributed by atoms with van der Waals surface area (Å²) in [5.74, 6) is 0.676. The van der Waals surface area contributed by atoms with Gasteiger partial charge < -0.3 is 15.8 Å². The molecule has 0 spiro atoms. The van der Waals surface area contributed by atoms with Crippen molar-refractivity contribution in [2.45, 2.75) is 39.5 Å². The number of hydrogen-bond donors (Lipinski definition) is 2. The molecule has 3 N–H and O–H groups in total. The van der Waals surface area contributed by atoms with E-state index in [2.05, 4.69) is 12.2 Å². The van der Waals surface area contributed by atoms with Crippen molar-refractivity contribution >= 4 is 5.91 Å². The molecule has 0 saturated heterocycles. The van der Waals surface area contributed by atoms with Crippen LogP contribution in [0.15, 0.2) is 0 Å². The third-order valence-corrected chi connectivity index (χ3v) is 2.49. The fourth-order valence-corrected chi connectivity index (χ4v) is 1.36. The highest BCUT2D eigenvalue weighted by atomic mass is 16.5. The first kappa shape index (κ1) is 15.4.